The fourth-order valence-corrected chi connectivity index (χ4v) is 1.22. The number of hydrogen-bond donors (Lipinski definition) is 2. The van der Waals surface area contributed by atoms with Crippen molar-refractivity contribution in [2.45, 2.75) is 25.8 Å². The van der Waals surface area contributed by atoms with Crippen LogP contribution in [-0.2, 0) is 0 Å². The summed E-state index contributed by atoms with van der Waals surface area (Å²) in [5.41, 5.74) is 0.439. The second-order valence-electron chi connectivity index (χ2n) is 3.22. The molecule has 0 radical (unpaired) electrons. The molecule has 1 rings (SSSR count). The van der Waals surface area contributed by atoms with Gasteiger partial charge in [-0.05, 0) is 12.8 Å². The van der Waals surface area contributed by atoms with Crippen molar-refractivity contribution >= 4 is 5.91 Å². The van der Waals surface area contributed by atoms with Crippen LogP contribution in [0.25, 0.3) is 0 Å². The number of aliphatic hydroxyl groups is 1. The summed E-state index contributed by atoms with van der Waals surface area (Å²) in [5, 5.41) is 11.6. The van der Waals surface area contributed by atoms with Crippen LogP contribution in [0, 0.1) is 0 Å². The average Bonchev–Trinajstić information content (AvgIpc) is 2.29. The summed E-state index contributed by atoms with van der Waals surface area (Å²) < 4.78 is 0. The van der Waals surface area contributed by atoms with Gasteiger partial charge in [0.1, 0.15) is 6.33 Å². The molecule has 0 aliphatic carbocycles. The van der Waals surface area contributed by atoms with E-state index < -0.39 is 0 Å². The van der Waals surface area contributed by atoms with Gasteiger partial charge in [-0.1, -0.05) is 6.92 Å². The molecule has 0 aromatic carbocycles. The number of carbonyl (C=O) groups is 1. The second-order valence-corrected chi connectivity index (χ2v) is 3.22. The van der Waals surface area contributed by atoms with E-state index in [0.29, 0.717) is 12.0 Å². The van der Waals surface area contributed by atoms with Gasteiger partial charge in [-0.2, -0.15) is 0 Å². The minimum absolute atomic E-state index is 0.00251. The van der Waals surface area contributed by atoms with Gasteiger partial charge in [0, 0.05) is 25.0 Å². The fourth-order valence-electron chi connectivity index (χ4n) is 1.22. The number of carbonyl (C=O) groups excluding carboxylic acids is 1. The molecule has 0 saturated carbocycles. The summed E-state index contributed by atoms with van der Waals surface area (Å²) in [6.07, 6.45) is 5.67. The number of rotatable bonds is 5. The van der Waals surface area contributed by atoms with Crippen LogP contribution in [0.15, 0.2) is 18.7 Å². The van der Waals surface area contributed by atoms with Gasteiger partial charge in [0.15, 0.2) is 0 Å². The lowest BCUT2D eigenvalue weighted by Gasteiger charge is -2.15. The third kappa shape index (κ3) is 3.63. The number of aliphatic hydroxyl groups excluding tert-OH is 1. The van der Waals surface area contributed by atoms with Crippen molar-refractivity contribution in [3.8, 4) is 0 Å². The molecular weight excluding hydrogens is 194 g/mol. The first-order valence-corrected chi connectivity index (χ1v) is 4.94. The fraction of sp³-hybridized carbons (Fsp3) is 0.500. The van der Waals surface area contributed by atoms with Crippen LogP contribution in [0.2, 0.25) is 0 Å². The van der Waals surface area contributed by atoms with E-state index >= 15 is 0 Å². The number of nitrogens with zero attached hydrogens (tertiary/aromatic N) is 2. The minimum Gasteiger partial charge on any atom is -0.396 e. The molecule has 82 valence electrons. The smallest absolute Gasteiger partial charge is 0.254 e. The first-order chi connectivity index (χ1) is 7.27. The molecule has 1 amide bonds. The number of amides is 1. The van der Waals surface area contributed by atoms with E-state index in [4.69, 9.17) is 5.11 Å². The van der Waals surface area contributed by atoms with Crippen LogP contribution in [0.5, 0.6) is 0 Å². The number of aromatic nitrogens is 2. The van der Waals surface area contributed by atoms with Gasteiger partial charge in [0.2, 0.25) is 0 Å². The largest absolute Gasteiger partial charge is 0.396 e. The van der Waals surface area contributed by atoms with E-state index in [2.05, 4.69) is 15.3 Å². The Balaban J connectivity index is 2.55. The zero-order valence-corrected chi connectivity index (χ0v) is 8.68. The maximum atomic E-state index is 11.6. The molecule has 0 aliphatic heterocycles. The van der Waals surface area contributed by atoms with E-state index in [-0.39, 0.29) is 18.6 Å². The van der Waals surface area contributed by atoms with Gasteiger partial charge in [-0.3, -0.25) is 4.79 Å². The van der Waals surface area contributed by atoms with Crippen molar-refractivity contribution in [1.82, 2.24) is 15.3 Å². The topological polar surface area (TPSA) is 75.1 Å². The number of nitrogens with one attached hydrogen (secondary N) is 1. The highest BCUT2D eigenvalue weighted by atomic mass is 16.3. The van der Waals surface area contributed by atoms with E-state index in [1.165, 1.54) is 18.7 Å². The molecule has 1 aromatic heterocycles. The molecule has 15 heavy (non-hydrogen) atoms. The Morgan fingerprint density at radius 1 is 1.53 bits per heavy atom. The molecule has 1 unspecified atom stereocenters. The highest BCUT2D eigenvalue weighted by Crippen LogP contribution is 2.00. The lowest BCUT2D eigenvalue weighted by molar-refractivity contribution is 0.0928. The van der Waals surface area contributed by atoms with Gasteiger partial charge >= 0.3 is 0 Å². The third-order valence-corrected chi connectivity index (χ3v) is 2.13. The van der Waals surface area contributed by atoms with E-state index in [1.807, 2.05) is 6.92 Å². The summed E-state index contributed by atoms with van der Waals surface area (Å²) in [6.45, 7) is 2.03. The summed E-state index contributed by atoms with van der Waals surface area (Å²) in [7, 11) is 0. The van der Waals surface area contributed by atoms with Gasteiger partial charge in [-0.25, -0.2) is 9.97 Å². The van der Waals surface area contributed by atoms with Crippen LogP contribution in [-0.4, -0.2) is 33.6 Å². The minimum atomic E-state index is -0.198. The Kier molecular flexibility index (Phi) is 4.70. The Hall–Kier alpha value is -1.49. The van der Waals surface area contributed by atoms with Crippen molar-refractivity contribution in [2.24, 2.45) is 0 Å². The Labute approximate surface area is 88.6 Å². The van der Waals surface area contributed by atoms with E-state index in [0.717, 1.165) is 6.42 Å². The standard InChI is InChI=1S/C10H15N3O2/c1-2-9(3-4-14)13-10(15)8-5-11-7-12-6-8/h5-7,9,14H,2-4H2,1H3,(H,13,15). The van der Waals surface area contributed by atoms with Crippen LogP contribution >= 0.6 is 0 Å². The predicted molar refractivity (Wildman–Crippen MR) is 55.3 cm³/mol. The Morgan fingerprint density at radius 3 is 2.73 bits per heavy atom. The Morgan fingerprint density at radius 2 is 2.20 bits per heavy atom. The molecule has 5 nitrogen and oxygen atoms in total. The monoisotopic (exact) mass is 209 g/mol. The highest BCUT2D eigenvalue weighted by molar-refractivity contribution is 5.93. The molecule has 0 fully saturated rings. The van der Waals surface area contributed by atoms with Crippen LogP contribution < -0.4 is 5.32 Å². The molecule has 1 aromatic rings. The highest BCUT2D eigenvalue weighted by Gasteiger charge is 2.11. The summed E-state index contributed by atoms with van der Waals surface area (Å²) in [6, 6.07) is 0.00251. The SMILES string of the molecule is CCC(CCO)NC(=O)c1cncnc1. The third-order valence-electron chi connectivity index (χ3n) is 2.13. The van der Waals surface area contributed by atoms with Crippen LogP contribution in [0.4, 0.5) is 0 Å². The zero-order valence-electron chi connectivity index (χ0n) is 8.68. The summed E-state index contributed by atoms with van der Waals surface area (Å²) in [5.74, 6) is -0.198. The van der Waals surface area contributed by atoms with Crippen molar-refractivity contribution in [3.63, 3.8) is 0 Å². The zero-order chi connectivity index (χ0) is 11.1. The molecule has 0 spiro atoms. The van der Waals surface area contributed by atoms with Crippen LogP contribution in [0.1, 0.15) is 30.1 Å². The molecule has 5 heteroatoms. The van der Waals surface area contributed by atoms with Crippen molar-refractivity contribution in [3.05, 3.63) is 24.3 Å². The maximum absolute atomic E-state index is 11.6. The quantitative estimate of drug-likeness (QED) is 0.734. The summed E-state index contributed by atoms with van der Waals surface area (Å²) >= 11 is 0. The maximum Gasteiger partial charge on any atom is 0.254 e. The first-order valence-electron chi connectivity index (χ1n) is 4.94. The van der Waals surface area contributed by atoms with E-state index in [9.17, 15) is 4.79 Å². The van der Waals surface area contributed by atoms with Crippen LogP contribution in [0.3, 0.4) is 0 Å². The van der Waals surface area contributed by atoms with Gasteiger partial charge < -0.3 is 10.4 Å². The normalized spacial score (nSPS) is 12.1. The van der Waals surface area contributed by atoms with Crippen molar-refractivity contribution in [2.75, 3.05) is 6.61 Å². The van der Waals surface area contributed by atoms with Crippen molar-refractivity contribution < 1.29 is 9.90 Å². The molecule has 2 N–H and O–H groups in total. The Bertz CT molecular complexity index is 303. The molecule has 0 saturated heterocycles. The second kappa shape index (κ2) is 6.08. The average molecular weight is 209 g/mol. The molecule has 1 heterocycles. The lowest BCUT2D eigenvalue weighted by Crippen LogP contribution is -2.35. The molecule has 1 atom stereocenters. The molecular formula is C10H15N3O2. The van der Waals surface area contributed by atoms with Gasteiger partial charge in [0.05, 0.1) is 5.56 Å². The first kappa shape index (κ1) is 11.6. The molecule has 0 aliphatic rings. The van der Waals surface area contributed by atoms with Gasteiger partial charge in [0.25, 0.3) is 5.91 Å². The van der Waals surface area contributed by atoms with Gasteiger partial charge in [-0.15, -0.1) is 0 Å². The molecule has 0 bridgehead atoms. The predicted octanol–water partition coefficient (Wildman–Crippen LogP) is 0.367. The van der Waals surface area contributed by atoms with E-state index in [1.54, 1.807) is 0 Å². The number of hydrogen-bond acceptors (Lipinski definition) is 4. The van der Waals surface area contributed by atoms with Crippen molar-refractivity contribution in [1.29, 1.82) is 0 Å². The summed E-state index contributed by atoms with van der Waals surface area (Å²) in [4.78, 5) is 19.1. The lowest BCUT2D eigenvalue weighted by atomic mass is 10.1.